The van der Waals surface area contributed by atoms with Gasteiger partial charge in [-0.25, -0.2) is 0 Å². The predicted molar refractivity (Wildman–Crippen MR) is 53.7 cm³/mol. The van der Waals surface area contributed by atoms with Gasteiger partial charge in [0.1, 0.15) is 6.10 Å². The summed E-state index contributed by atoms with van der Waals surface area (Å²) in [6, 6.07) is 0.0662. The van der Waals surface area contributed by atoms with Crippen molar-refractivity contribution in [1.29, 1.82) is 0 Å². The van der Waals surface area contributed by atoms with Gasteiger partial charge in [-0.1, -0.05) is 0 Å². The van der Waals surface area contributed by atoms with Crippen LogP contribution in [0.1, 0.15) is 17.8 Å². The molecule has 1 aromatic heterocycles. The lowest BCUT2D eigenvalue weighted by Crippen LogP contribution is -2.38. The van der Waals surface area contributed by atoms with Crippen molar-refractivity contribution >= 4 is 17.2 Å². The maximum Gasteiger partial charge on any atom is 0.247 e. The minimum absolute atomic E-state index is 0.0662. The molecule has 0 saturated carbocycles. The normalized spacial score (nSPS) is 15.0. The zero-order valence-corrected chi connectivity index (χ0v) is 8.62. The average molecular weight is 215 g/mol. The predicted octanol–water partition coefficient (Wildman–Crippen LogP) is -0.360. The molecule has 0 aliphatic carbocycles. The van der Waals surface area contributed by atoms with Gasteiger partial charge in [0.15, 0.2) is 0 Å². The molecule has 14 heavy (non-hydrogen) atoms. The molecule has 6 heteroatoms. The Kier molecular flexibility index (Phi) is 3.99. The molecule has 0 aliphatic heterocycles. The molecule has 0 aromatic carbocycles. The number of aromatic nitrogens is 1. The molecule has 0 saturated heterocycles. The van der Waals surface area contributed by atoms with Crippen LogP contribution >= 0.6 is 11.3 Å². The molecule has 5 nitrogen and oxygen atoms in total. The third-order valence-electron chi connectivity index (χ3n) is 1.82. The van der Waals surface area contributed by atoms with E-state index in [0.717, 1.165) is 4.88 Å². The highest BCUT2D eigenvalue weighted by Gasteiger charge is 2.13. The first kappa shape index (κ1) is 11.1. The van der Waals surface area contributed by atoms with Crippen LogP contribution in [0, 0.1) is 0 Å². The minimum Gasteiger partial charge on any atom is -0.382 e. The lowest BCUT2D eigenvalue weighted by atomic mass is 10.2. The van der Waals surface area contributed by atoms with Crippen molar-refractivity contribution in [3.8, 4) is 0 Å². The van der Waals surface area contributed by atoms with Crippen LogP contribution in [0.15, 0.2) is 11.7 Å². The quantitative estimate of drug-likeness (QED) is 0.626. The van der Waals surface area contributed by atoms with E-state index >= 15 is 0 Å². The van der Waals surface area contributed by atoms with E-state index in [9.17, 15) is 4.79 Å². The molecule has 0 spiro atoms. The molecule has 2 atom stereocenters. The van der Waals surface area contributed by atoms with Crippen molar-refractivity contribution in [3.63, 3.8) is 0 Å². The summed E-state index contributed by atoms with van der Waals surface area (Å²) in [5, 5.41) is 12.1. The Labute approximate surface area is 86.0 Å². The number of hydrogen-bond donors (Lipinski definition) is 3. The van der Waals surface area contributed by atoms with E-state index in [2.05, 4.69) is 10.3 Å². The smallest absolute Gasteiger partial charge is 0.247 e. The monoisotopic (exact) mass is 215 g/mol. The number of nitrogens with zero attached hydrogens (tertiary/aromatic N) is 1. The Bertz CT molecular complexity index is 289. The van der Waals surface area contributed by atoms with Crippen molar-refractivity contribution in [3.05, 3.63) is 16.6 Å². The fourth-order valence-electron chi connectivity index (χ4n) is 0.929. The van der Waals surface area contributed by atoms with Gasteiger partial charge in [0.25, 0.3) is 0 Å². The number of hydrogen-bond acceptors (Lipinski definition) is 5. The minimum atomic E-state index is -1.13. The Hall–Kier alpha value is -0.980. The maximum atomic E-state index is 10.5. The highest BCUT2D eigenvalue weighted by Crippen LogP contribution is 2.15. The Balaban J connectivity index is 2.35. The fraction of sp³-hybridized carbons (Fsp3) is 0.500. The summed E-state index contributed by atoms with van der Waals surface area (Å²) in [5.41, 5.74) is 6.64. The van der Waals surface area contributed by atoms with Gasteiger partial charge in [0.05, 0.1) is 5.51 Å². The number of rotatable bonds is 5. The van der Waals surface area contributed by atoms with Crippen LogP contribution in [0.25, 0.3) is 0 Å². The van der Waals surface area contributed by atoms with E-state index in [-0.39, 0.29) is 12.6 Å². The van der Waals surface area contributed by atoms with Crippen molar-refractivity contribution < 1.29 is 9.90 Å². The number of amides is 1. The van der Waals surface area contributed by atoms with Crippen molar-refractivity contribution in [2.24, 2.45) is 5.73 Å². The number of nitrogens with one attached hydrogen (secondary N) is 1. The number of aliphatic hydroxyl groups excluding tert-OH is 1. The molecule has 0 bridgehead atoms. The van der Waals surface area contributed by atoms with Crippen LogP contribution in [-0.4, -0.2) is 28.6 Å². The topological polar surface area (TPSA) is 88.2 Å². The first-order valence-corrected chi connectivity index (χ1v) is 5.08. The van der Waals surface area contributed by atoms with E-state index in [0.29, 0.717) is 0 Å². The molecule has 0 fully saturated rings. The van der Waals surface area contributed by atoms with Crippen LogP contribution in [0.3, 0.4) is 0 Å². The first-order chi connectivity index (χ1) is 6.61. The molecule has 1 aromatic rings. The van der Waals surface area contributed by atoms with E-state index in [1.54, 1.807) is 11.7 Å². The molecule has 1 heterocycles. The lowest BCUT2D eigenvalue weighted by Gasteiger charge is -2.13. The van der Waals surface area contributed by atoms with Gasteiger partial charge in [-0.15, -0.1) is 11.3 Å². The number of thiazole rings is 1. The zero-order valence-electron chi connectivity index (χ0n) is 7.80. The summed E-state index contributed by atoms with van der Waals surface area (Å²) in [6.45, 7) is 2.09. The largest absolute Gasteiger partial charge is 0.382 e. The average Bonchev–Trinajstić information content (AvgIpc) is 2.66. The summed E-state index contributed by atoms with van der Waals surface area (Å²) >= 11 is 1.52. The second kappa shape index (κ2) is 5.04. The van der Waals surface area contributed by atoms with Crippen molar-refractivity contribution in [2.75, 3.05) is 6.54 Å². The van der Waals surface area contributed by atoms with Gasteiger partial charge < -0.3 is 16.2 Å². The second-order valence-corrected chi connectivity index (χ2v) is 3.87. The fourth-order valence-corrected chi connectivity index (χ4v) is 1.58. The van der Waals surface area contributed by atoms with E-state index in [4.69, 9.17) is 10.8 Å². The lowest BCUT2D eigenvalue weighted by molar-refractivity contribution is -0.125. The van der Waals surface area contributed by atoms with E-state index in [1.165, 1.54) is 11.3 Å². The SMILES string of the molecule is CC(NCC(O)C(N)=O)c1cncs1. The number of primary amides is 1. The molecule has 1 rings (SSSR count). The van der Waals surface area contributed by atoms with Gasteiger partial charge in [0, 0.05) is 23.7 Å². The summed E-state index contributed by atoms with van der Waals surface area (Å²) in [4.78, 5) is 15.5. The van der Waals surface area contributed by atoms with Gasteiger partial charge in [-0.3, -0.25) is 9.78 Å². The summed E-state index contributed by atoms with van der Waals surface area (Å²) < 4.78 is 0. The summed E-state index contributed by atoms with van der Waals surface area (Å²) in [6.07, 6.45) is 0.615. The van der Waals surface area contributed by atoms with Crippen LogP contribution in [0.5, 0.6) is 0 Å². The number of aliphatic hydroxyl groups is 1. The Morgan fingerprint density at radius 2 is 2.57 bits per heavy atom. The third-order valence-corrected chi connectivity index (χ3v) is 2.78. The highest BCUT2D eigenvalue weighted by atomic mass is 32.1. The van der Waals surface area contributed by atoms with E-state index < -0.39 is 12.0 Å². The van der Waals surface area contributed by atoms with Crippen LogP contribution in [0.4, 0.5) is 0 Å². The van der Waals surface area contributed by atoms with Gasteiger partial charge in [-0.2, -0.15) is 0 Å². The molecule has 0 aliphatic rings. The molecule has 0 radical (unpaired) electrons. The maximum absolute atomic E-state index is 10.5. The summed E-state index contributed by atoms with van der Waals surface area (Å²) in [7, 11) is 0. The number of carbonyl (C=O) groups is 1. The van der Waals surface area contributed by atoms with Crippen LogP contribution in [-0.2, 0) is 4.79 Å². The Morgan fingerprint density at radius 3 is 3.07 bits per heavy atom. The van der Waals surface area contributed by atoms with E-state index in [1.807, 2.05) is 6.92 Å². The highest BCUT2D eigenvalue weighted by molar-refractivity contribution is 7.09. The standard InChI is InChI=1S/C8H13N3O2S/c1-5(7-3-10-4-14-7)11-2-6(12)8(9)13/h3-6,11-12H,2H2,1H3,(H2,9,13). The van der Waals surface area contributed by atoms with Gasteiger partial charge in [-0.05, 0) is 6.92 Å². The number of carbonyl (C=O) groups excluding carboxylic acids is 1. The first-order valence-electron chi connectivity index (χ1n) is 4.20. The third kappa shape index (κ3) is 3.06. The summed E-state index contributed by atoms with van der Waals surface area (Å²) in [5.74, 6) is -0.714. The van der Waals surface area contributed by atoms with Gasteiger partial charge >= 0.3 is 0 Å². The van der Waals surface area contributed by atoms with Crippen molar-refractivity contribution in [1.82, 2.24) is 10.3 Å². The zero-order chi connectivity index (χ0) is 10.6. The Morgan fingerprint density at radius 1 is 1.86 bits per heavy atom. The number of nitrogens with two attached hydrogens (primary N) is 1. The molecule has 1 amide bonds. The van der Waals surface area contributed by atoms with Crippen LogP contribution < -0.4 is 11.1 Å². The molecule has 4 N–H and O–H groups in total. The molecular formula is C8H13N3O2S. The van der Waals surface area contributed by atoms with Crippen LogP contribution in [0.2, 0.25) is 0 Å². The van der Waals surface area contributed by atoms with Gasteiger partial charge in [0.2, 0.25) is 5.91 Å². The molecule has 2 unspecified atom stereocenters. The molecular weight excluding hydrogens is 202 g/mol. The second-order valence-electron chi connectivity index (χ2n) is 2.95. The van der Waals surface area contributed by atoms with Crippen molar-refractivity contribution in [2.45, 2.75) is 19.1 Å². The molecule has 78 valence electrons.